The average molecular weight is 215 g/mol. The first kappa shape index (κ1) is 9.92. The molecular formula is C9H9N7. The highest BCUT2D eigenvalue weighted by atomic mass is 15.5. The van der Waals surface area contributed by atoms with Crippen molar-refractivity contribution in [3.63, 3.8) is 0 Å². The predicted molar refractivity (Wildman–Crippen MR) is 57.1 cm³/mol. The number of nitrogens with one attached hydrogen (secondary N) is 2. The third-order valence-corrected chi connectivity index (χ3v) is 2.05. The molecule has 16 heavy (non-hydrogen) atoms. The van der Waals surface area contributed by atoms with Crippen molar-refractivity contribution >= 4 is 11.4 Å². The van der Waals surface area contributed by atoms with Crippen LogP contribution in [0.15, 0.2) is 18.2 Å². The Hall–Kier alpha value is -2.62. The molecule has 0 bridgehead atoms. The van der Waals surface area contributed by atoms with Gasteiger partial charge in [0.15, 0.2) is 5.82 Å². The maximum Gasteiger partial charge on any atom is 0.193 e. The van der Waals surface area contributed by atoms with E-state index in [-0.39, 0.29) is 0 Å². The minimum Gasteiger partial charge on any atom is -0.396 e. The van der Waals surface area contributed by atoms with Crippen LogP contribution >= 0.6 is 0 Å². The van der Waals surface area contributed by atoms with Crippen LogP contribution in [-0.2, 0) is 6.54 Å². The lowest BCUT2D eigenvalue weighted by Gasteiger charge is -2.07. The van der Waals surface area contributed by atoms with Crippen LogP contribution in [0, 0.1) is 11.3 Å². The Kier molecular flexibility index (Phi) is 2.65. The summed E-state index contributed by atoms with van der Waals surface area (Å²) >= 11 is 0. The van der Waals surface area contributed by atoms with E-state index in [0.29, 0.717) is 29.3 Å². The summed E-state index contributed by atoms with van der Waals surface area (Å²) in [4.78, 5) is 0. The maximum absolute atomic E-state index is 8.80. The van der Waals surface area contributed by atoms with Crippen molar-refractivity contribution in [2.75, 3.05) is 11.1 Å². The highest BCUT2D eigenvalue weighted by molar-refractivity contribution is 5.72. The Morgan fingerprint density at radius 1 is 1.50 bits per heavy atom. The number of hydrogen-bond acceptors (Lipinski definition) is 6. The van der Waals surface area contributed by atoms with Gasteiger partial charge in [-0.2, -0.15) is 10.5 Å². The molecule has 0 amide bonds. The van der Waals surface area contributed by atoms with E-state index in [1.807, 2.05) is 6.07 Å². The zero-order valence-corrected chi connectivity index (χ0v) is 8.31. The molecule has 0 aliphatic carbocycles. The maximum atomic E-state index is 8.80. The number of aromatic amines is 1. The predicted octanol–water partition coefficient (Wildman–Crippen LogP) is 0.266. The van der Waals surface area contributed by atoms with E-state index < -0.39 is 0 Å². The van der Waals surface area contributed by atoms with Crippen molar-refractivity contribution in [1.82, 2.24) is 20.6 Å². The number of anilines is 2. The Labute approximate surface area is 91.3 Å². The lowest BCUT2D eigenvalue weighted by Crippen LogP contribution is -2.05. The first-order chi connectivity index (χ1) is 7.81. The monoisotopic (exact) mass is 215 g/mol. The van der Waals surface area contributed by atoms with Crippen molar-refractivity contribution < 1.29 is 0 Å². The molecule has 0 aliphatic rings. The zero-order valence-electron chi connectivity index (χ0n) is 8.31. The van der Waals surface area contributed by atoms with E-state index in [9.17, 15) is 0 Å². The minimum absolute atomic E-state index is 0.398. The number of H-pyrrole nitrogens is 1. The van der Waals surface area contributed by atoms with Crippen LogP contribution in [0.2, 0.25) is 0 Å². The fourth-order valence-corrected chi connectivity index (χ4v) is 1.25. The van der Waals surface area contributed by atoms with Gasteiger partial charge in [-0.25, -0.2) is 0 Å². The van der Waals surface area contributed by atoms with E-state index in [2.05, 4.69) is 25.9 Å². The molecule has 0 fully saturated rings. The summed E-state index contributed by atoms with van der Waals surface area (Å²) in [5.74, 6) is 0.529. The van der Waals surface area contributed by atoms with Crippen LogP contribution in [0.1, 0.15) is 11.4 Å². The van der Waals surface area contributed by atoms with Gasteiger partial charge in [-0.15, -0.1) is 10.2 Å². The van der Waals surface area contributed by atoms with E-state index in [0.717, 1.165) is 0 Å². The first-order valence-electron chi connectivity index (χ1n) is 4.56. The van der Waals surface area contributed by atoms with Crippen LogP contribution in [0.3, 0.4) is 0 Å². The second-order valence-electron chi connectivity index (χ2n) is 3.06. The molecule has 0 aliphatic heterocycles. The summed E-state index contributed by atoms with van der Waals surface area (Å²) in [6.07, 6.45) is 0. The van der Waals surface area contributed by atoms with Gasteiger partial charge in [0, 0.05) is 0 Å². The summed E-state index contributed by atoms with van der Waals surface area (Å²) in [6.45, 7) is 0.398. The van der Waals surface area contributed by atoms with Gasteiger partial charge < -0.3 is 11.1 Å². The number of nitriles is 1. The van der Waals surface area contributed by atoms with Crippen LogP contribution in [0.4, 0.5) is 11.4 Å². The van der Waals surface area contributed by atoms with E-state index >= 15 is 0 Å². The number of hydrogen-bond donors (Lipinski definition) is 3. The van der Waals surface area contributed by atoms with Gasteiger partial charge in [-0.1, -0.05) is 11.3 Å². The number of benzene rings is 1. The summed E-state index contributed by atoms with van der Waals surface area (Å²) in [6, 6.07) is 7.22. The van der Waals surface area contributed by atoms with E-state index in [1.165, 1.54) is 0 Å². The third-order valence-electron chi connectivity index (χ3n) is 2.05. The van der Waals surface area contributed by atoms with Gasteiger partial charge in [-0.05, 0) is 12.1 Å². The van der Waals surface area contributed by atoms with Gasteiger partial charge in [0.2, 0.25) is 0 Å². The van der Waals surface area contributed by atoms with Gasteiger partial charge in [0.05, 0.1) is 23.5 Å². The fourth-order valence-electron chi connectivity index (χ4n) is 1.25. The van der Waals surface area contributed by atoms with Crippen molar-refractivity contribution in [1.29, 1.82) is 5.26 Å². The molecule has 0 saturated heterocycles. The van der Waals surface area contributed by atoms with Crippen LogP contribution in [0.25, 0.3) is 0 Å². The number of aromatic nitrogens is 4. The molecule has 0 atom stereocenters. The zero-order chi connectivity index (χ0) is 11.4. The molecule has 0 radical (unpaired) electrons. The fraction of sp³-hybridized carbons (Fsp3) is 0.111. The summed E-state index contributed by atoms with van der Waals surface area (Å²) in [5, 5.41) is 25.2. The van der Waals surface area contributed by atoms with Crippen LogP contribution in [-0.4, -0.2) is 20.6 Å². The number of nitrogens with two attached hydrogens (primary N) is 1. The summed E-state index contributed by atoms with van der Waals surface area (Å²) in [7, 11) is 0. The van der Waals surface area contributed by atoms with E-state index in [1.54, 1.807) is 18.2 Å². The second kappa shape index (κ2) is 4.27. The normalized spacial score (nSPS) is 9.69. The number of nitrogen functional groups attached to an aromatic ring is 1. The van der Waals surface area contributed by atoms with Crippen molar-refractivity contribution in [3.05, 3.63) is 29.6 Å². The molecule has 2 rings (SSSR count). The highest BCUT2D eigenvalue weighted by Crippen LogP contribution is 2.21. The van der Waals surface area contributed by atoms with Crippen LogP contribution in [0.5, 0.6) is 0 Å². The second-order valence-corrected chi connectivity index (χ2v) is 3.06. The van der Waals surface area contributed by atoms with Gasteiger partial charge in [-0.3, -0.25) is 0 Å². The lowest BCUT2D eigenvalue weighted by molar-refractivity contribution is 0.881. The molecule has 0 saturated carbocycles. The number of para-hydroxylation sites is 1. The smallest absolute Gasteiger partial charge is 0.193 e. The molecule has 0 unspecified atom stereocenters. The Morgan fingerprint density at radius 2 is 2.38 bits per heavy atom. The molecular weight excluding hydrogens is 206 g/mol. The molecule has 1 aromatic heterocycles. The Balaban J connectivity index is 2.13. The topological polar surface area (TPSA) is 116 Å². The van der Waals surface area contributed by atoms with Crippen molar-refractivity contribution in [2.45, 2.75) is 6.54 Å². The molecule has 7 nitrogen and oxygen atoms in total. The molecule has 1 aromatic carbocycles. The summed E-state index contributed by atoms with van der Waals surface area (Å²) in [5.41, 5.74) is 7.34. The van der Waals surface area contributed by atoms with Crippen molar-refractivity contribution in [2.24, 2.45) is 0 Å². The van der Waals surface area contributed by atoms with Gasteiger partial charge in [0.25, 0.3) is 0 Å². The highest BCUT2D eigenvalue weighted by Gasteiger charge is 2.04. The Bertz CT molecular complexity index is 511. The molecule has 7 heteroatoms. The van der Waals surface area contributed by atoms with Crippen molar-refractivity contribution in [3.8, 4) is 6.07 Å². The quantitative estimate of drug-likeness (QED) is 0.632. The number of tetrazole rings is 1. The van der Waals surface area contributed by atoms with Gasteiger partial charge in [0.1, 0.15) is 6.07 Å². The molecule has 4 N–H and O–H groups in total. The molecule has 0 spiro atoms. The standard InChI is InChI=1S/C9H9N7/c10-4-6-2-1-3-7(9(6)11)12-5-8-13-15-16-14-8/h1-3,12H,5,11H2,(H,13,14,15,16). The Morgan fingerprint density at radius 3 is 3.06 bits per heavy atom. The number of nitrogens with zero attached hydrogens (tertiary/aromatic N) is 4. The first-order valence-corrected chi connectivity index (χ1v) is 4.56. The SMILES string of the molecule is N#Cc1cccc(NCc2nn[nH]n2)c1N. The molecule has 1 heterocycles. The van der Waals surface area contributed by atoms with Crippen LogP contribution < -0.4 is 11.1 Å². The van der Waals surface area contributed by atoms with E-state index in [4.69, 9.17) is 11.0 Å². The molecule has 80 valence electrons. The van der Waals surface area contributed by atoms with Gasteiger partial charge >= 0.3 is 0 Å². The molecule has 2 aromatic rings. The third kappa shape index (κ3) is 1.90. The summed E-state index contributed by atoms with van der Waals surface area (Å²) < 4.78 is 0. The lowest BCUT2D eigenvalue weighted by atomic mass is 10.1. The largest absolute Gasteiger partial charge is 0.396 e. The minimum atomic E-state index is 0.398. The average Bonchev–Trinajstić information content (AvgIpc) is 2.81. The number of rotatable bonds is 3.